The molecule has 0 saturated heterocycles. The van der Waals surface area contributed by atoms with Crippen molar-refractivity contribution in [1.29, 1.82) is 0 Å². The summed E-state index contributed by atoms with van der Waals surface area (Å²) in [7, 11) is -3.75. The molecule has 0 radical (unpaired) electrons. The number of sulfonamides is 1. The van der Waals surface area contributed by atoms with Crippen LogP contribution in [0.15, 0.2) is 53.4 Å². The number of rotatable bonds is 5. The molecule has 0 bridgehead atoms. The number of non-ortho nitro benzene ring substituents is 1. The second-order valence-electron chi connectivity index (χ2n) is 4.76. The second kappa shape index (κ2) is 6.15. The van der Waals surface area contributed by atoms with Crippen molar-refractivity contribution in [1.82, 2.24) is 0 Å². The van der Waals surface area contributed by atoms with Gasteiger partial charge in [0.25, 0.3) is 15.7 Å². The molecule has 2 rings (SSSR count). The van der Waals surface area contributed by atoms with E-state index in [9.17, 15) is 18.5 Å². The molecule has 0 aliphatic carbocycles. The van der Waals surface area contributed by atoms with Crippen LogP contribution in [-0.4, -0.2) is 19.9 Å². The van der Waals surface area contributed by atoms with E-state index in [0.717, 1.165) is 9.87 Å². The molecule has 116 valence electrons. The fourth-order valence-corrected chi connectivity index (χ4v) is 3.56. The van der Waals surface area contributed by atoms with Crippen LogP contribution in [0, 0.1) is 17.0 Å². The maximum Gasteiger partial charge on any atom is 0.271 e. The zero-order valence-corrected chi connectivity index (χ0v) is 13.1. The van der Waals surface area contributed by atoms with Crippen LogP contribution in [0.25, 0.3) is 0 Å². The van der Waals surface area contributed by atoms with Crippen molar-refractivity contribution >= 4 is 21.4 Å². The maximum atomic E-state index is 12.7. The summed E-state index contributed by atoms with van der Waals surface area (Å²) in [6, 6.07) is 12.1. The molecule has 7 heteroatoms. The van der Waals surface area contributed by atoms with E-state index in [-0.39, 0.29) is 22.8 Å². The number of hydrogen-bond acceptors (Lipinski definition) is 4. The summed E-state index contributed by atoms with van der Waals surface area (Å²) in [5, 5.41) is 10.9. The van der Waals surface area contributed by atoms with Gasteiger partial charge >= 0.3 is 0 Å². The van der Waals surface area contributed by atoms with Crippen molar-refractivity contribution < 1.29 is 13.3 Å². The lowest BCUT2D eigenvalue weighted by Gasteiger charge is -2.22. The first-order valence-electron chi connectivity index (χ1n) is 6.70. The van der Waals surface area contributed by atoms with Crippen LogP contribution < -0.4 is 4.31 Å². The molecule has 0 heterocycles. The number of aryl methyl sites for hydroxylation is 1. The van der Waals surface area contributed by atoms with E-state index >= 15 is 0 Å². The van der Waals surface area contributed by atoms with Gasteiger partial charge in [0, 0.05) is 18.7 Å². The van der Waals surface area contributed by atoms with Gasteiger partial charge < -0.3 is 0 Å². The molecule has 6 nitrogen and oxygen atoms in total. The van der Waals surface area contributed by atoms with Gasteiger partial charge in [0.15, 0.2) is 0 Å². The lowest BCUT2D eigenvalue weighted by atomic mass is 10.2. The summed E-state index contributed by atoms with van der Waals surface area (Å²) >= 11 is 0. The van der Waals surface area contributed by atoms with Gasteiger partial charge in [0.2, 0.25) is 0 Å². The fourth-order valence-electron chi connectivity index (χ4n) is 2.09. The quantitative estimate of drug-likeness (QED) is 0.626. The van der Waals surface area contributed by atoms with E-state index in [0.29, 0.717) is 0 Å². The molecule has 0 N–H and O–H groups in total. The lowest BCUT2D eigenvalue weighted by molar-refractivity contribution is -0.384. The minimum atomic E-state index is -3.75. The van der Waals surface area contributed by atoms with E-state index in [1.54, 1.807) is 25.1 Å². The number of benzene rings is 2. The third kappa shape index (κ3) is 3.09. The molecule has 0 spiro atoms. The fraction of sp³-hybridized carbons (Fsp3) is 0.200. The number of hydrogen-bond donors (Lipinski definition) is 0. The molecular weight excluding hydrogens is 304 g/mol. The monoisotopic (exact) mass is 320 g/mol. The molecule has 0 aliphatic heterocycles. The Morgan fingerprint density at radius 2 is 1.77 bits per heavy atom. The van der Waals surface area contributed by atoms with Gasteiger partial charge in [0.05, 0.1) is 15.5 Å². The van der Waals surface area contributed by atoms with Gasteiger partial charge in [-0.25, -0.2) is 8.42 Å². The highest BCUT2D eigenvalue weighted by Gasteiger charge is 2.24. The average Bonchev–Trinajstić information content (AvgIpc) is 2.48. The molecular formula is C15H16N2O4S. The van der Waals surface area contributed by atoms with E-state index in [4.69, 9.17) is 0 Å². The predicted octanol–water partition coefficient (Wildman–Crippen LogP) is 3.12. The second-order valence-corrected chi connectivity index (χ2v) is 6.62. The van der Waals surface area contributed by atoms with Crippen molar-refractivity contribution in [3.8, 4) is 0 Å². The molecule has 2 aromatic carbocycles. The summed E-state index contributed by atoms with van der Waals surface area (Å²) in [5.74, 6) is 0. The first-order valence-corrected chi connectivity index (χ1v) is 8.14. The standard InChI is InChI=1S/C15H16N2O4S/c1-3-16(13-5-4-6-14(11-13)17(18)19)22(20,21)15-9-7-12(2)8-10-15/h4-11H,3H2,1-2H3. The SMILES string of the molecule is CCN(c1cccc([N+](=O)[O-])c1)S(=O)(=O)c1ccc(C)cc1. The Morgan fingerprint density at radius 1 is 1.14 bits per heavy atom. The first-order chi connectivity index (χ1) is 10.4. The zero-order chi connectivity index (χ0) is 16.3. The lowest BCUT2D eigenvalue weighted by Crippen LogP contribution is -2.30. The Kier molecular flexibility index (Phi) is 4.46. The third-order valence-electron chi connectivity index (χ3n) is 3.22. The van der Waals surface area contributed by atoms with Crippen LogP contribution in [-0.2, 0) is 10.0 Å². The van der Waals surface area contributed by atoms with E-state index < -0.39 is 14.9 Å². The van der Waals surface area contributed by atoms with Gasteiger partial charge in [-0.3, -0.25) is 14.4 Å². The van der Waals surface area contributed by atoms with Crippen molar-refractivity contribution in [2.45, 2.75) is 18.7 Å². The van der Waals surface area contributed by atoms with Crippen molar-refractivity contribution in [2.75, 3.05) is 10.8 Å². The van der Waals surface area contributed by atoms with Crippen LogP contribution in [0.3, 0.4) is 0 Å². The van der Waals surface area contributed by atoms with Crippen LogP contribution in [0.4, 0.5) is 11.4 Å². The Morgan fingerprint density at radius 3 is 2.32 bits per heavy atom. The molecule has 0 unspecified atom stereocenters. The van der Waals surface area contributed by atoms with Crippen LogP contribution in [0.1, 0.15) is 12.5 Å². The molecule has 0 aliphatic rings. The molecule has 0 atom stereocenters. The van der Waals surface area contributed by atoms with Crippen LogP contribution in [0.2, 0.25) is 0 Å². The normalized spacial score (nSPS) is 11.2. The summed E-state index contributed by atoms with van der Waals surface area (Å²) in [5.41, 5.74) is 1.09. The maximum absolute atomic E-state index is 12.7. The highest BCUT2D eigenvalue weighted by atomic mass is 32.2. The van der Waals surface area contributed by atoms with E-state index in [1.165, 1.54) is 30.3 Å². The van der Waals surface area contributed by atoms with Gasteiger partial charge in [-0.2, -0.15) is 0 Å². The highest BCUT2D eigenvalue weighted by molar-refractivity contribution is 7.92. The van der Waals surface area contributed by atoms with Crippen molar-refractivity contribution in [3.63, 3.8) is 0 Å². The predicted molar refractivity (Wildman–Crippen MR) is 84.5 cm³/mol. The molecule has 0 saturated carbocycles. The van der Waals surface area contributed by atoms with Crippen LogP contribution >= 0.6 is 0 Å². The minimum Gasteiger partial charge on any atom is -0.266 e. The third-order valence-corrected chi connectivity index (χ3v) is 5.14. The minimum absolute atomic E-state index is 0.143. The van der Waals surface area contributed by atoms with Crippen molar-refractivity contribution in [2.24, 2.45) is 0 Å². The summed E-state index contributed by atoms with van der Waals surface area (Å²) < 4.78 is 26.6. The van der Waals surface area contributed by atoms with Crippen molar-refractivity contribution in [3.05, 3.63) is 64.2 Å². The Balaban J connectivity index is 2.49. The summed E-state index contributed by atoms with van der Waals surface area (Å²) in [4.78, 5) is 10.5. The Bertz CT molecular complexity index is 785. The number of anilines is 1. The number of nitro groups is 1. The number of nitrogens with zero attached hydrogens (tertiary/aromatic N) is 2. The Labute approximate surface area is 129 Å². The molecule has 2 aromatic rings. The highest BCUT2D eigenvalue weighted by Crippen LogP contribution is 2.26. The molecule has 0 aromatic heterocycles. The van der Waals surface area contributed by atoms with Gasteiger partial charge in [0.1, 0.15) is 0 Å². The van der Waals surface area contributed by atoms with Gasteiger partial charge in [-0.15, -0.1) is 0 Å². The summed E-state index contributed by atoms with van der Waals surface area (Å²) in [6.45, 7) is 3.73. The summed E-state index contributed by atoms with van der Waals surface area (Å²) in [6.07, 6.45) is 0. The van der Waals surface area contributed by atoms with Gasteiger partial charge in [-0.05, 0) is 32.0 Å². The smallest absolute Gasteiger partial charge is 0.266 e. The van der Waals surface area contributed by atoms with Crippen LogP contribution in [0.5, 0.6) is 0 Å². The number of nitro benzene ring substituents is 1. The zero-order valence-electron chi connectivity index (χ0n) is 12.3. The van der Waals surface area contributed by atoms with Gasteiger partial charge in [-0.1, -0.05) is 23.8 Å². The molecule has 22 heavy (non-hydrogen) atoms. The topological polar surface area (TPSA) is 80.5 Å². The molecule has 0 amide bonds. The largest absolute Gasteiger partial charge is 0.271 e. The van der Waals surface area contributed by atoms with E-state index in [2.05, 4.69) is 0 Å². The molecule has 0 fully saturated rings. The first kappa shape index (κ1) is 16.0. The van der Waals surface area contributed by atoms with E-state index in [1.807, 2.05) is 6.92 Å². The Hall–Kier alpha value is -2.41. The average molecular weight is 320 g/mol.